The highest BCUT2D eigenvalue weighted by atomic mass is 16.5. The van der Waals surface area contributed by atoms with Gasteiger partial charge in [-0.3, -0.25) is 14.4 Å². The summed E-state index contributed by atoms with van der Waals surface area (Å²) in [5.74, 6) is 0.109. The first-order valence-electron chi connectivity index (χ1n) is 8.18. The lowest BCUT2D eigenvalue weighted by Crippen LogP contribution is -2.42. The van der Waals surface area contributed by atoms with E-state index in [1.54, 1.807) is 0 Å². The van der Waals surface area contributed by atoms with Crippen LogP contribution in [-0.4, -0.2) is 52.9 Å². The minimum absolute atomic E-state index is 0.109. The van der Waals surface area contributed by atoms with Crippen LogP contribution in [0.4, 0.5) is 0 Å². The number of morpholine rings is 1. The van der Waals surface area contributed by atoms with Crippen LogP contribution in [0.3, 0.4) is 0 Å². The van der Waals surface area contributed by atoms with E-state index in [0.29, 0.717) is 25.0 Å². The van der Waals surface area contributed by atoms with E-state index in [-0.39, 0.29) is 5.91 Å². The summed E-state index contributed by atoms with van der Waals surface area (Å²) in [6.45, 7) is 10.5. The van der Waals surface area contributed by atoms with Crippen LogP contribution in [0, 0.1) is 0 Å². The molecule has 2 rings (SSSR count). The van der Waals surface area contributed by atoms with Gasteiger partial charge in [0.1, 0.15) is 0 Å². The second-order valence-electron chi connectivity index (χ2n) is 6.24. The van der Waals surface area contributed by atoms with Gasteiger partial charge in [-0.05, 0) is 27.2 Å². The number of hydrogen-bond donors (Lipinski definition) is 1. The summed E-state index contributed by atoms with van der Waals surface area (Å²) < 4.78 is 7.26. The maximum absolute atomic E-state index is 12.0. The number of nitrogens with one attached hydrogen (secondary N) is 1. The number of hydrogen-bond acceptors (Lipinski definition) is 4. The van der Waals surface area contributed by atoms with E-state index >= 15 is 0 Å². The fourth-order valence-corrected chi connectivity index (χ4v) is 2.58. The first-order chi connectivity index (χ1) is 10.6. The van der Waals surface area contributed by atoms with Crippen LogP contribution in [0.5, 0.6) is 0 Å². The van der Waals surface area contributed by atoms with Gasteiger partial charge in [0.05, 0.1) is 19.4 Å². The van der Waals surface area contributed by atoms with E-state index in [1.165, 1.54) is 0 Å². The highest BCUT2D eigenvalue weighted by molar-refractivity contribution is 5.75. The molecule has 0 radical (unpaired) electrons. The monoisotopic (exact) mass is 308 g/mol. The second kappa shape index (κ2) is 8.29. The molecule has 1 atom stereocenters. The normalized spacial score (nSPS) is 17.6. The molecule has 1 aromatic rings. The number of amides is 1. The molecule has 1 aliphatic heterocycles. The first kappa shape index (κ1) is 17.0. The number of nitrogens with zero attached hydrogens (tertiary/aromatic N) is 3. The highest BCUT2D eigenvalue weighted by Gasteiger charge is 2.17. The van der Waals surface area contributed by atoms with Crippen molar-refractivity contribution in [2.75, 3.05) is 26.3 Å². The minimum Gasteiger partial charge on any atom is -0.379 e. The molecule has 0 unspecified atom stereocenters. The average molecular weight is 308 g/mol. The molecule has 1 fully saturated rings. The topological polar surface area (TPSA) is 59.4 Å². The van der Waals surface area contributed by atoms with Crippen LogP contribution < -0.4 is 5.32 Å². The Morgan fingerprint density at radius 1 is 1.36 bits per heavy atom. The van der Waals surface area contributed by atoms with Crippen molar-refractivity contribution in [3.8, 4) is 0 Å². The van der Waals surface area contributed by atoms with Crippen LogP contribution in [0.2, 0.25) is 0 Å². The third-order valence-electron chi connectivity index (χ3n) is 4.13. The van der Waals surface area contributed by atoms with Gasteiger partial charge in [0.25, 0.3) is 0 Å². The Morgan fingerprint density at radius 3 is 2.73 bits per heavy atom. The summed E-state index contributed by atoms with van der Waals surface area (Å²) in [5, 5.41) is 7.25. The van der Waals surface area contributed by atoms with Crippen LogP contribution in [0.25, 0.3) is 0 Å². The van der Waals surface area contributed by atoms with Gasteiger partial charge in [0.15, 0.2) is 0 Å². The number of rotatable bonds is 7. The van der Waals surface area contributed by atoms with E-state index in [1.807, 2.05) is 17.1 Å². The summed E-state index contributed by atoms with van der Waals surface area (Å²) in [6.07, 6.45) is 5.26. The Hall–Kier alpha value is -1.40. The molecular formula is C16H28N4O2. The second-order valence-corrected chi connectivity index (χ2v) is 6.24. The van der Waals surface area contributed by atoms with Gasteiger partial charge in [-0.2, -0.15) is 5.10 Å². The van der Waals surface area contributed by atoms with Gasteiger partial charge in [-0.25, -0.2) is 0 Å². The quantitative estimate of drug-likeness (QED) is 0.831. The van der Waals surface area contributed by atoms with Crippen molar-refractivity contribution in [2.45, 2.75) is 52.2 Å². The van der Waals surface area contributed by atoms with Gasteiger partial charge in [-0.15, -0.1) is 0 Å². The number of carbonyl (C=O) groups is 1. The van der Waals surface area contributed by atoms with Crippen molar-refractivity contribution < 1.29 is 9.53 Å². The number of carbonyl (C=O) groups excluding carboxylic acids is 1. The minimum atomic E-state index is 0.109. The Kier molecular flexibility index (Phi) is 6.39. The van der Waals surface area contributed by atoms with Crippen LogP contribution in [-0.2, 0) is 16.1 Å². The van der Waals surface area contributed by atoms with E-state index in [2.05, 4.69) is 36.1 Å². The summed E-state index contributed by atoms with van der Waals surface area (Å²) in [4.78, 5) is 14.4. The summed E-state index contributed by atoms with van der Waals surface area (Å²) in [7, 11) is 0. The zero-order chi connectivity index (χ0) is 15.9. The summed E-state index contributed by atoms with van der Waals surface area (Å²) in [6, 6.07) is 0.775. The van der Waals surface area contributed by atoms with E-state index < -0.39 is 0 Å². The molecule has 0 aromatic carbocycles. The molecule has 1 aliphatic rings. The van der Waals surface area contributed by atoms with Crippen molar-refractivity contribution in [1.82, 2.24) is 20.0 Å². The SMILES string of the molecule is CC(C)n1cc(CNC(=O)CC[C@@H](C)N2CCOCC2)cn1. The lowest BCUT2D eigenvalue weighted by Gasteiger charge is -2.32. The molecule has 1 amide bonds. The van der Waals surface area contributed by atoms with Crippen molar-refractivity contribution in [1.29, 1.82) is 0 Å². The van der Waals surface area contributed by atoms with Crippen molar-refractivity contribution in [2.24, 2.45) is 0 Å². The lowest BCUT2D eigenvalue weighted by molar-refractivity contribution is -0.121. The standard InChI is InChI=1S/C16H28N4O2/c1-13(2)20-12-15(11-18-20)10-17-16(21)5-4-14(3)19-6-8-22-9-7-19/h11-14H,4-10H2,1-3H3,(H,17,21)/t14-/m1/s1. The largest absolute Gasteiger partial charge is 0.379 e. The summed E-state index contributed by atoms with van der Waals surface area (Å²) >= 11 is 0. The molecule has 124 valence electrons. The summed E-state index contributed by atoms with van der Waals surface area (Å²) in [5.41, 5.74) is 1.04. The Bertz CT molecular complexity index is 466. The Balaban J connectivity index is 1.66. The predicted octanol–water partition coefficient (Wildman–Crippen LogP) is 1.58. The molecule has 6 nitrogen and oxygen atoms in total. The van der Waals surface area contributed by atoms with Gasteiger partial charge >= 0.3 is 0 Å². The zero-order valence-electron chi connectivity index (χ0n) is 13.9. The molecule has 1 saturated heterocycles. The van der Waals surface area contributed by atoms with Gasteiger partial charge in [0.2, 0.25) is 5.91 Å². The molecule has 1 N–H and O–H groups in total. The maximum Gasteiger partial charge on any atom is 0.220 e. The molecule has 0 saturated carbocycles. The zero-order valence-corrected chi connectivity index (χ0v) is 13.9. The van der Waals surface area contributed by atoms with E-state index in [9.17, 15) is 4.79 Å². The van der Waals surface area contributed by atoms with Gasteiger partial charge in [-0.1, -0.05) is 0 Å². The molecule has 0 spiro atoms. The Morgan fingerprint density at radius 2 is 2.09 bits per heavy atom. The third-order valence-corrected chi connectivity index (χ3v) is 4.13. The molecule has 0 bridgehead atoms. The fourth-order valence-electron chi connectivity index (χ4n) is 2.58. The van der Waals surface area contributed by atoms with Gasteiger partial charge in [0, 0.05) is 49.9 Å². The molecule has 2 heterocycles. The van der Waals surface area contributed by atoms with Crippen molar-refractivity contribution in [3.63, 3.8) is 0 Å². The molecule has 6 heteroatoms. The van der Waals surface area contributed by atoms with E-state index in [0.717, 1.165) is 38.3 Å². The van der Waals surface area contributed by atoms with Gasteiger partial charge < -0.3 is 10.1 Å². The fraction of sp³-hybridized carbons (Fsp3) is 0.750. The van der Waals surface area contributed by atoms with Crippen LogP contribution in [0.15, 0.2) is 12.4 Å². The molecule has 1 aromatic heterocycles. The molecule has 0 aliphatic carbocycles. The smallest absolute Gasteiger partial charge is 0.220 e. The molecule has 22 heavy (non-hydrogen) atoms. The third kappa shape index (κ3) is 5.10. The number of ether oxygens (including phenoxy) is 1. The Labute approximate surface area is 132 Å². The van der Waals surface area contributed by atoms with Crippen molar-refractivity contribution in [3.05, 3.63) is 18.0 Å². The number of aromatic nitrogens is 2. The lowest BCUT2D eigenvalue weighted by atomic mass is 10.1. The van der Waals surface area contributed by atoms with E-state index in [4.69, 9.17) is 4.74 Å². The molecular weight excluding hydrogens is 280 g/mol. The van der Waals surface area contributed by atoms with Crippen LogP contribution in [0.1, 0.15) is 45.2 Å². The first-order valence-corrected chi connectivity index (χ1v) is 8.18. The predicted molar refractivity (Wildman–Crippen MR) is 85.5 cm³/mol. The maximum atomic E-state index is 12.0. The highest BCUT2D eigenvalue weighted by Crippen LogP contribution is 2.09. The van der Waals surface area contributed by atoms with Crippen molar-refractivity contribution >= 4 is 5.91 Å². The van der Waals surface area contributed by atoms with Crippen LogP contribution >= 0.6 is 0 Å². The average Bonchev–Trinajstić information content (AvgIpc) is 3.00.